The van der Waals surface area contributed by atoms with E-state index in [2.05, 4.69) is 4.74 Å². The first-order chi connectivity index (χ1) is 9.04. The molecule has 2 aromatic rings. The number of carbonyl (C=O) groups excluding carboxylic acids is 1. The first kappa shape index (κ1) is 13.7. The topological polar surface area (TPSA) is 52.3 Å². The quantitative estimate of drug-likeness (QED) is 0.672. The summed E-state index contributed by atoms with van der Waals surface area (Å²) < 4.78 is 4.64. The Morgan fingerprint density at radius 1 is 1.21 bits per heavy atom. The number of rotatable bonds is 2. The zero-order chi connectivity index (χ0) is 14.0. The van der Waals surface area contributed by atoms with Crippen molar-refractivity contribution in [1.82, 2.24) is 0 Å². The zero-order valence-corrected chi connectivity index (χ0v) is 11.6. The maximum Gasteiger partial charge on any atom is 0.339 e. The lowest BCUT2D eigenvalue weighted by Crippen LogP contribution is -2.05. The summed E-state index contributed by atoms with van der Waals surface area (Å²) in [6.07, 6.45) is 0. The molecule has 98 valence electrons. The van der Waals surface area contributed by atoms with Crippen LogP contribution in [0.15, 0.2) is 36.4 Å². The van der Waals surface area contributed by atoms with Gasteiger partial charge in [-0.2, -0.15) is 0 Å². The molecule has 0 aromatic heterocycles. The standard InChI is InChI=1S/C14H11Cl2NO2/c1-19-14(18)10-6-5-8(7-12(10)17)9-3-2-4-11(15)13(9)16/h2-7H,17H2,1H3. The van der Waals surface area contributed by atoms with E-state index in [9.17, 15) is 4.79 Å². The van der Waals surface area contributed by atoms with Crippen LogP contribution in [0.25, 0.3) is 11.1 Å². The molecular formula is C14H11Cl2NO2. The molecular weight excluding hydrogens is 285 g/mol. The van der Waals surface area contributed by atoms with Crippen LogP contribution in [0.3, 0.4) is 0 Å². The van der Waals surface area contributed by atoms with E-state index >= 15 is 0 Å². The number of hydrogen-bond acceptors (Lipinski definition) is 3. The molecule has 2 rings (SSSR count). The molecule has 5 heteroatoms. The van der Waals surface area contributed by atoms with Crippen LogP contribution >= 0.6 is 23.2 Å². The monoisotopic (exact) mass is 295 g/mol. The molecule has 0 saturated heterocycles. The molecule has 0 aliphatic heterocycles. The van der Waals surface area contributed by atoms with Crippen molar-refractivity contribution in [3.05, 3.63) is 52.0 Å². The normalized spacial score (nSPS) is 10.3. The Labute approximate surface area is 120 Å². The van der Waals surface area contributed by atoms with Crippen molar-refractivity contribution >= 4 is 34.9 Å². The summed E-state index contributed by atoms with van der Waals surface area (Å²) in [6.45, 7) is 0. The van der Waals surface area contributed by atoms with Crippen molar-refractivity contribution in [2.45, 2.75) is 0 Å². The molecule has 0 spiro atoms. The Balaban J connectivity index is 2.51. The van der Waals surface area contributed by atoms with Gasteiger partial charge in [0.2, 0.25) is 0 Å². The van der Waals surface area contributed by atoms with Crippen LogP contribution in [-0.2, 0) is 4.74 Å². The average Bonchev–Trinajstić information content (AvgIpc) is 2.41. The van der Waals surface area contributed by atoms with Gasteiger partial charge in [0, 0.05) is 11.3 Å². The van der Waals surface area contributed by atoms with E-state index < -0.39 is 5.97 Å². The molecule has 0 saturated carbocycles. The van der Waals surface area contributed by atoms with E-state index in [1.807, 2.05) is 6.07 Å². The minimum absolute atomic E-state index is 0.324. The van der Waals surface area contributed by atoms with Gasteiger partial charge in [0.15, 0.2) is 0 Å². The average molecular weight is 296 g/mol. The number of hydrogen-bond donors (Lipinski definition) is 1. The largest absolute Gasteiger partial charge is 0.465 e. The third-order valence-corrected chi connectivity index (χ3v) is 3.54. The van der Waals surface area contributed by atoms with E-state index in [4.69, 9.17) is 28.9 Å². The summed E-state index contributed by atoms with van der Waals surface area (Å²) in [5.74, 6) is -0.471. The zero-order valence-electron chi connectivity index (χ0n) is 10.1. The number of ether oxygens (including phenoxy) is 1. The second kappa shape index (κ2) is 5.51. The van der Waals surface area contributed by atoms with Crippen molar-refractivity contribution in [2.75, 3.05) is 12.8 Å². The smallest absolute Gasteiger partial charge is 0.339 e. The molecule has 19 heavy (non-hydrogen) atoms. The van der Waals surface area contributed by atoms with Crippen molar-refractivity contribution in [3.8, 4) is 11.1 Å². The number of anilines is 1. The SMILES string of the molecule is COC(=O)c1ccc(-c2cccc(Cl)c2Cl)cc1N. The molecule has 0 heterocycles. The highest BCUT2D eigenvalue weighted by atomic mass is 35.5. The van der Waals surface area contributed by atoms with Crippen LogP contribution in [-0.4, -0.2) is 13.1 Å². The summed E-state index contributed by atoms with van der Waals surface area (Å²) in [7, 11) is 1.31. The Bertz CT molecular complexity index is 641. The Kier molecular flexibility index (Phi) is 3.98. The third kappa shape index (κ3) is 2.67. The lowest BCUT2D eigenvalue weighted by Gasteiger charge is -2.09. The second-order valence-electron chi connectivity index (χ2n) is 3.89. The highest BCUT2D eigenvalue weighted by Crippen LogP contribution is 2.34. The van der Waals surface area contributed by atoms with Gasteiger partial charge in [0.1, 0.15) is 0 Å². The number of halogens is 2. The molecule has 2 aromatic carbocycles. The summed E-state index contributed by atoms with van der Waals surface area (Å²) in [5, 5.41) is 0.921. The first-order valence-electron chi connectivity index (χ1n) is 5.47. The first-order valence-corrected chi connectivity index (χ1v) is 6.22. The highest BCUT2D eigenvalue weighted by Gasteiger charge is 2.12. The molecule has 0 fully saturated rings. The van der Waals surface area contributed by atoms with E-state index in [1.54, 1.807) is 30.3 Å². The van der Waals surface area contributed by atoms with Gasteiger partial charge in [-0.25, -0.2) is 4.79 Å². The van der Waals surface area contributed by atoms with Crippen LogP contribution in [0, 0.1) is 0 Å². The van der Waals surface area contributed by atoms with Gasteiger partial charge in [-0.3, -0.25) is 0 Å². The lowest BCUT2D eigenvalue weighted by molar-refractivity contribution is 0.0602. The van der Waals surface area contributed by atoms with E-state index in [-0.39, 0.29) is 0 Å². The molecule has 0 unspecified atom stereocenters. The van der Waals surface area contributed by atoms with Crippen LogP contribution in [0.4, 0.5) is 5.69 Å². The maximum absolute atomic E-state index is 11.5. The van der Waals surface area contributed by atoms with Gasteiger partial charge in [-0.05, 0) is 23.8 Å². The predicted molar refractivity (Wildman–Crippen MR) is 77.6 cm³/mol. The van der Waals surface area contributed by atoms with Crippen molar-refractivity contribution in [2.24, 2.45) is 0 Å². The van der Waals surface area contributed by atoms with Crippen molar-refractivity contribution in [3.63, 3.8) is 0 Å². The van der Waals surface area contributed by atoms with Gasteiger partial charge in [-0.1, -0.05) is 41.4 Å². The number of nitrogens with two attached hydrogens (primary N) is 1. The van der Waals surface area contributed by atoms with Crippen LogP contribution in [0.2, 0.25) is 10.0 Å². The fraction of sp³-hybridized carbons (Fsp3) is 0.0714. The van der Waals surface area contributed by atoms with Crippen LogP contribution in [0.5, 0.6) is 0 Å². The van der Waals surface area contributed by atoms with Gasteiger partial charge in [0.05, 0.1) is 22.7 Å². The molecule has 0 atom stereocenters. The molecule has 2 N–H and O–H groups in total. The fourth-order valence-electron chi connectivity index (χ4n) is 1.75. The van der Waals surface area contributed by atoms with Crippen LogP contribution in [0.1, 0.15) is 10.4 Å². The Hall–Kier alpha value is -1.71. The number of benzene rings is 2. The maximum atomic E-state index is 11.5. The van der Waals surface area contributed by atoms with Gasteiger partial charge < -0.3 is 10.5 Å². The second-order valence-corrected chi connectivity index (χ2v) is 4.68. The summed E-state index contributed by atoms with van der Waals surface area (Å²) in [4.78, 5) is 11.5. The highest BCUT2D eigenvalue weighted by molar-refractivity contribution is 6.43. The van der Waals surface area contributed by atoms with Gasteiger partial charge in [-0.15, -0.1) is 0 Å². The Morgan fingerprint density at radius 2 is 1.95 bits per heavy atom. The molecule has 3 nitrogen and oxygen atoms in total. The molecule has 0 radical (unpaired) electrons. The predicted octanol–water partition coefficient (Wildman–Crippen LogP) is 4.03. The van der Waals surface area contributed by atoms with Gasteiger partial charge >= 0.3 is 5.97 Å². The summed E-state index contributed by atoms with van der Waals surface area (Å²) in [5.41, 5.74) is 8.05. The molecule has 0 aliphatic carbocycles. The third-order valence-electron chi connectivity index (χ3n) is 2.72. The van der Waals surface area contributed by atoms with Crippen LogP contribution < -0.4 is 5.73 Å². The van der Waals surface area contributed by atoms with E-state index in [0.29, 0.717) is 21.3 Å². The van der Waals surface area contributed by atoms with Crippen molar-refractivity contribution < 1.29 is 9.53 Å². The summed E-state index contributed by atoms with van der Waals surface area (Å²) in [6, 6.07) is 10.4. The van der Waals surface area contributed by atoms with Crippen molar-refractivity contribution in [1.29, 1.82) is 0 Å². The molecule has 0 aliphatic rings. The number of esters is 1. The Morgan fingerprint density at radius 3 is 2.58 bits per heavy atom. The molecule has 0 amide bonds. The van der Waals surface area contributed by atoms with Gasteiger partial charge in [0.25, 0.3) is 0 Å². The fourth-order valence-corrected chi connectivity index (χ4v) is 2.16. The number of methoxy groups -OCH3 is 1. The summed E-state index contributed by atoms with van der Waals surface area (Å²) >= 11 is 12.1. The minimum atomic E-state index is -0.471. The lowest BCUT2D eigenvalue weighted by atomic mass is 10.0. The molecule has 0 bridgehead atoms. The van der Waals surface area contributed by atoms with E-state index in [0.717, 1.165) is 11.1 Å². The number of carbonyl (C=O) groups is 1. The van der Waals surface area contributed by atoms with E-state index in [1.165, 1.54) is 7.11 Å². The number of nitrogen functional groups attached to an aromatic ring is 1. The minimum Gasteiger partial charge on any atom is -0.465 e.